The van der Waals surface area contributed by atoms with E-state index in [0.717, 1.165) is 0 Å². The Morgan fingerprint density at radius 2 is 1.88 bits per heavy atom. The van der Waals surface area contributed by atoms with E-state index < -0.39 is 0 Å². The van der Waals surface area contributed by atoms with Crippen LogP contribution in [0.4, 0.5) is 0 Å². The number of hydrogen-bond acceptors (Lipinski definition) is 3. The lowest BCUT2D eigenvalue weighted by Gasteiger charge is -2.23. The first-order valence-electron chi connectivity index (χ1n) is 5.28. The van der Waals surface area contributed by atoms with E-state index in [0.29, 0.717) is 11.1 Å². The van der Waals surface area contributed by atoms with Crippen LogP contribution >= 0.6 is 0 Å². The molecule has 17 heavy (non-hydrogen) atoms. The predicted molar refractivity (Wildman–Crippen MR) is 62.9 cm³/mol. The van der Waals surface area contributed by atoms with E-state index in [1.54, 1.807) is 24.3 Å². The molecule has 1 rings (SSSR count). The van der Waals surface area contributed by atoms with Crippen LogP contribution in [0, 0.1) is 22.7 Å². The van der Waals surface area contributed by atoms with Crippen molar-refractivity contribution in [3.8, 4) is 12.1 Å². The fourth-order valence-electron chi connectivity index (χ4n) is 1.42. The molecular formula is C13H13N3O. The number of rotatable bonds is 3. The number of carbonyl (C=O) groups excluding carboxylic acids is 1. The van der Waals surface area contributed by atoms with Crippen molar-refractivity contribution in [3.05, 3.63) is 35.4 Å². The lowest BCUT2D eigenvalue weighted by atomic mass is 10.1. The topological polar surface area (TPSA) is 67.9 Å². The molecule has 4 nitrogen and oxygen atoms in total. The van der Waals surface area contributed by atoms with Gasteiger partial charge in [-0.15, -0.1) is 0 Å². The normalized spacial score (nSPS) is 9.47. The fraction of sp³-hybridized carbons (Fsp3) is 0.308. The van der Waals surface area contributed by atoms with Gasteiger partial charge in [0, 0.05) is 11.6 Å². The summed E-state index contributed by atoms with van der Waals surface area (Å²) in [6, 6.07) is 10.3. The third-order valence-corrected chi connectivity index (χ3v) is 2.39. The fourth-order valence-corrected chi connectivity index (χ4v) is 1.42. The van der Waals surface area contributed by atoms with Gasteiger partial charge in [-0.2, -0.15) is 10.5 Å². The van der Waals surface area contributed by atoms with Gasteiger partial charge in [-0.3, -0.25) is 4.79 Å². The molecule has 0 aliphatic rings. The molecule has 0 heterocycles. The highest BCUT2D eigenvalue weighted by atomic mass is 16.2. The van der Waals surface area contributed by atoms with Crippen LogP contribution in [0.5, 0.6) is 0 Å². The first kappa shape index (κ1) is 12.7. The van der Waals surface area contributed by atoms with Gasteiger partial charge in [0.1, 0.15) is 6.54 Å². The van der Waals surface area contributed by atoms with E-state index in [1.807, 2.05) is 26.0 Å². The second-order valence-electron chi connectivity index (χ2n) is 3.87. The summed E-state index contributed by atoms with van der Waals surface area (Å²) in [5.41, 5.74) is 1.01. The maximum Gasteiger partial charge on any atom is 0.254 e. The molecule has 0 saturated heterocycles. The molecule has 0 radical (unpaired) electrons. The minimum Gasteiger partial charge on any atom is -0.323 e. The van der Waals surface area contributed by atoms with Crippen molar-refractivity contribution < 1.29 is 4.79 Å². The van der Waals surface area contributed by atoms with Crippen molar-refractivity contribution in [2.24, 2.45) is 0 Å². The molecule has 1 amide bonds. The summed E-state index contributed by atoms with van der Waals surface area (Å²) in [7, 11) is 0. The van der Waals surface area contributed by atoms with Crippen molar-refractivity contribution in [1.82, 2.24) is 4.90 Å². The second kappa shape index (κ2) is 5.67. The summed E-state index contributed by atoms with van der Waals surface area (Å²) >= 11 is 0. The van der Waals surface area contributed by atoms with E-state index in [9.17, 15) is 4.79 Å². The smallest absolute Gasteiger partial charge is 0.254 e. The summed E-state index contributed by atoms with van der Waals surface area (Å²) < 4.78 is 0. The molecule has 0 atom stereocenters. The van der Waals surface area contributed by atoms with Crippen LogP contribution in [0.3, 0.4) is 0 Å². The van der Waals surface area contributed by atoms with Crippen LogP contribution in [0.15, 0.2) is 24.3 Å². The molecule has 0 unspecified atom stereocenters. The van der Waals surface area contributed by atoms with Gasteiger partial charge in [0.15, 0.2) is 0 Å². The van der Waals surface area contributed by atoms with Gasteiger partial charge >= 0.3 is 0 Å². The summed E-state index contributed by atoms with van der Waals surface area (Å²) in [5, 5.41) is 17.3. The second-order valence-corrected chi connectivity index (χ2v) is 3.87. The Morgan fingerprint density at radius 3 is 2.29 bits per heavy atom. The van der Waals surface area contributed by atoms with Crippen LogP contribution in [0.1, 0.15) is 29.8 Å². The quantitative estimate of drug-likeness (QED) is 0.741. The summed E-state index contributed by atoms with van der Waals surface area (Å²) in [6.07, 6.45) is 0. The van der Waals surface area contributed by atoms with Crippen molar-refractivity contribution >= 4 is 5.91 Å². The maximum atomic E-state index is 12.1. The summed E-state index contributed by atoms with van der Waals surface area (Å²) in [4.78, 5) is 13.6. The van der Waals surface area contributed by atoms with Gasteiger partial charge < -0.3 is 4.90 Å². The van der Waals surface area contributed by atoms with Crippen molar-refractivity contribution in [2.45, 2.75) is 19.9 Å². The third kappa shape index (κ3) is 3.06. The van der Waals surface area contributed by atoms with Crippen LogP contribution in [0.25, 0.3) is 0 Å². The Morgan fingerprint density at radius 1 is 1.29 bits per heavy atom. The number of benzene rings is 1. The average Bonchev–Trinajstić information content (AvgIpc) is 2.35. The highest BCUT2D eigenvalue weighted by Crippen LogP contribution is 2.09. The Labute approximate surface area is 101 Å². The molecular weight excluding hydrogens is 214 g/mol. The molecule has 0 N–H and O–H groups in total. The molecule has 0 saturated carbocycles. The van der Waals surface area contributed by atoms with E-state index in [1.165, 1.54) is 4.90 Å². The standard InChI is InChI=1S/C13H13N3O/c1-10(2)16(8-7-14)13(17)12-5-3-11(9-15)4-6-12/h3-6,10H,8H2,1-2H3. The Kier molecular flexibility index (Phi) is 4.25. The zero-order valence-electron chi connectivity index (χ0n) is 9.84. The largest absolute Gasteiger partial charge is 0.323 e. The highest BCUT2D eigenvalue weighted by Gasteiger charge is 2.17. The van der Waals surface area contributed by atoms with Crippen molar-refractivity contribution in [2.75, 3.05) is 6.54 Å². The predicted octanol–water partition coefficient (Wildman–Crippen LogP) is 1.93. The van der Waals surface area contributed by atoms with Crippen LogP contribution in [-0.2, 0) is 0 Å². The zero-order valence-corrected chi connectivity index (χ0v) is 9.84. The Hall–Kier alpha value is -2.33. The zero-order chi connectivity index (χ0) is 12.8. The lowest BCUT2D eigenvalue weighted by Crippen LogP contribution is -2.37. The first-order valence-corrected chi connectivity index (χ1v) is 5.28. The number of hydrogen-bond donors (Lipinski definition) is 0. The van der Waals surface area contributed by atoms with Crippen molar-refractivity contribution in [1.29, 1.82) is 10.5 Å². The van der Waals surface area contributed by atoms with Gasteiger partial charge in [0.2, 0.25) is 0 Å². The molecule has 0 aliphatic carbocycles. The maximum absolute atomic E-state index is 12.1. The average molecular weight is 227 g/mol. The number of nitriles is 2. The molecule has 0 bridgehead atoms. The van der Waals surface area contributed by atoms with E-state index >= 15 is 0 Å². The van der Waals surface area contributed by atoms with E-state index in [-0.39, 0.29) is 18.5 Å². The molecule has 1 aromatic rings. The molecule has 1 aromatic carbocycles. The van der Waals surface area contributed by atoms with Crippen LogP contribution in [0.2, 0.25) is 0 Å². The van der Waals surface area contributed by atoms with Gasteiger partial charge in [-0.25, -0.2) is 0 Å². The Bertz CT molecular complexity index is 477. The van der Waals surface area contributed by atoms with Gasteiger partial charge in [-0.05, 0) is 38.1 Å². The number of carbonyl (C=O) groups is 1. The van der Waals surface area contributed by atoms with Gasteiger partial charge in [0.25, 0.3) is 5.91 Å². The molecule has 0 spiro atoms. The summed E-state index contributed by atoms with van der Waals surface area (Å²) in [5.74, 6) is -0.189. The minimum absolute atomic E-state index is 0.0298. The van der Waals surface area contributed by atoms with Crippen molar-refractivity contribution in [3.63, 3.8) is 0 Å². The first-order chi connectivity index (χ1) is 8.10. The molecule has 0 fully saturated rings. The minimum atomic E-state index is -0.189. The van der Waals surface area contributed by atoms with Gasteiger partial charge in [-0.1, -0.05) is 0 Å². The van der Waals surface area contributed by atoms with E-state index in [2.05, 4.69) is 0 Å². The summed E-state index contributed by atoms with van der Waals surface area (Å²) in [6.45, 7) is 3.79. The Balaban J connectivity index is 2.94. The molecule has 86 valence electrons. The molecule has 4 heteroatoms. The molecule has 0 aliphatic heterocycles. The SMILES string of the molecule is CC(C)N(CC#N)C(=O)c1ccc(C#N)cc1. The van der Waals surface area contributed by atoms with E-state index in [4.69, 9.17) is 10.5 Å². The van der Waals surface area contributed by atoms with Crippen LogP contribution < -0.4 is 0 Å². The lowest BCUT2D eigenvalue weighted by molar-refractivity contribution is 0.0731. The third-order valence-electron chi connectivity index (χ3n) is 2.39. The number of amides is 1. The number of nitrogens with zero attached hydrogens (tertiary/aromatic N) is 3. The molecule has 0 aromatic heterocycles. The van der Waals surface area contributed by atoms with Crippen LogP contribution in [-0.4, -0.2) is 23.4 Å². The highest BCUT2D eigenvalue weighted by molar-refractivity contribution is 5.94. The van der Waals surface area contributed by atoms with Gasteiger partial charge in [0.05, 0.1) is 17.7 Å². The monoisotopic (exact) mass is 227 g/mol.